The number of ether oxygens (including phenoxy) is 3. The molecule has 2 heterocycles. The Balaban J connectivity index is 1.88. The lowest BCUT2D eigenvalue weighted by atomic mass is 10.2. The Labute approximate surface area is 189 Å². The highest BCUT2D eigenvalue weighted by Crippen LogP contribution is 2.35. The monoisotopic (exact) mass is 477 g/mol. The number of nitrogens with zero attached hydrogens (tertiary/aromatic N) is 3. The molecule has 0 spiro atoms. The molecule has 1 aromatic heterocycles. The number of hydrogen-bond acceptors (Lipinski definition) is 8. The zero-order chi connectivity index (χ0) is 22.8. The van der Waals surface area contributed by atoms with E-state index in [4.69, 9.17) is 25.8 Å². The van der Waals surface area contributed by atoms with E-state index in [1.807, 2.05) is 0 Å². The van der Waals surface area contributed by atoms with E-state index in [1.165, 1.54) is 16.7 Å². The van der Waals surface area contributed by atoms with Crippen molar-refractivity contribution in [2.75, 3.05) is 19.8 Å². The summed E-state index contributed by atoms with van der Waals surface area (Å²) in [6, 6.07) is 7.09. The number of halogens is 1. The molecule has 0 saturated heterocycles. The fraction of sp³-hybridized carbons (Fsp3) is 0.250. The number of esters is 1. The van der Waals surface area contributed by atoms with Crippen LogP contribution in [-0.4, -0.2) is 41.2 Å². The maximum Gasteiger partial charge on any atom is 0.326 e. The summed E-state index contributed by atoms with van der Waals surface area (Å²) in [6.45, 7) is 2.45. The quantitative estimate of drug-likeness (QED) is 0.313. The highest BCUT2D eigenvalue weighted by atomic mass is 35.5. The molecular formula is C20H16ClN3O7S. The van der Waals surface area contributed by atoms with Crippen LogP contribution in [0.4, 0.5) is 5.69 Å². The Morgan fingerprint density at radius 2 is 1.97 bits per heavy atom. The first-order valence-electron chi connectivity index (χ1n) is 9.49. The second kappa shape index (κ2) is 8.97. The van der Waals surface area contributed by atoms with Crippen molar-refractivity contribution in [1.82, 2.24) is 4.57 Å². The molecule has 0 radical (unpaired) electrons. The predicted octanol–water partition coefficient (Wildman–Crippen LogP) is 3.34. The van der Waals surface area contributed by atoms with Crippen LogP contribution < -0.4 is 14.3 Å². The number of carbonyl (C=O) groups is 2. The van der Waals surface area contributed by atoms with Crippen molar-refractivity contribution in [3.8, 4) is 11.5 Å². The number of carbonyl (C=O) groups excluding carboxylic acids is 2. The van der Waals surface area contributed by atoms with Crippen LogP contribution in [0, 0.1) is 10.1 Å². The first kappa shape index (κ1) is 21.8. The molecular weight excluding hydrogens is 462 g/mol. The third kappa shape index (κ3) is 4.30. The van der Waals surface area contributed by atoms with Gasteiger partial charge in [-0.1, -0.05) is 22.9 Å². The van der Waals surface area contributed by atoms with Crippen LogP contribution in [-0.2, 0) is 16.1 Å². The van der Waals surface area contributed by atoms with Crippen molar-refractivity contribution in [2.45, 2.75) is 13.5 Å². The zero-order valence-corrected chi connectivity index (χ0v) is 18.3. The topological polar surface area (TPSA) is 122 Å². The average molecular weight is 478 g/mol. The molecule has 0 fully saturated rings. The predicted molar refractivity (Wildman–Crippen MR) is 115 cm³/mol. The molecule has 0 unspecified atom stereocenters. The van der Waals surface area contributed by atoms with Gasteiger partial charge in [0.05, 0.1) is 21.7 Å². The molecule has 166 valence electrons. The van der Waals surface area contributed by atoms with Gasteiger partial charge in [-0.05, 0) is 19.1 Å². The summed E-state index contributed by atoms with van der Waals surface area (Å²) < 4.78 is 18.5. The third-order valence-corrected chi connectivity index (χ3v) is 5.80. The molecule has 12 heteroatoms. The van der Waals surface area contributed by atoms with Crippen molar-refractivity contribution in [1.29, 1.82) is 0 Å². The minimum atomic E-state index is -0.861. The molecule has 2 aromatic carbocycles. The van der Waals surface area contributed by atoms with Crippen LogP contribution in [0.5, 0.6) is 11.5 Å². The van der Waals surface area contributed by atoms with E-state index in [9.17, 15) is 19.7 Å². The van der Waals surface area contributed by atoms with Gasteiger partial charge in [0.2, 0.25) is 0 Å². The molecule has 1 aliphatic rings. The van der Waals surface area contributed by atoms with Gasteiger partial charge in [-0.15, -0.1) is 0 Å². The summed E-state index contributed by atoms with van der Waals surface area (Å²) in [7, 11) is 0. The molecule has 10 nitrogen and oxygen atoms in total. The summed E-state index contributed by atoms with van der Waals surface area (Å²) in [6.07, 6.45) is 0. The van der Waals surface area contributed by atoms with Gasteiger partial charge in [-0.25, -0.2) is 0 Å². The largest absolute Gasteiger partial charge is 0.486 e. The SMILES string of the molecule is CCOC(=O)Cn1c(=NC(=O)c2cc(Cl)ccc2[N+](=O)[O-])sc2cc3c(cc21)OCCO3. The molecule has 0 N–H and O–H groups in total. The van der Waals surface area contributed by atoms with E-state index in [0.717, 1.165) is 17.4 Å². The lowest BCUT2D eigenvalue weighted by Crippen LogP contribution is -2.23. The maximum absolute atomic E-state index is 12.9. The Morgan fingerprint density at radius 3 is 2.66 bits per heavy atom. The summed E-state index contributed by atoms with van der Waals surface area (Å²) in [5.41, 5.74) is -0.0912. The lowest BCUT2D eigenvalue weighted by Gasteiger charge is -2.18. The van der Waals surface area contributed by atoms with E-state index >= 15 is 0 Å². The van der Waals surface area contributed by atoms with Crippen LogP contribution in [0.25, 0.3) is 10.2 Å². The van der Waals surface area contributed by atoms with E-state index in [-0.39, 0.29) is 28.5 Å². The van der Waals surface area contributed by atoms with Gasteiger partial charge in [-0.3, -0.25) is 19.7 Å². The standard InChI is InChI=1S/C20H16ClN3O7S/c1-2-29-18(25)10-23-14-8-15-16(31-6-5-30-15)9-17(14)32-20(23)22-19(26)12-7-11(21)3-4-13(12)24(27)28/h3-4,7-9H,2,5-6,10H2,1H3. The molecule has 32 heavy (non-hydrogen) atoms. The van der Waals surface area contributed by atoms with Crippen molar-refractivity contribution >= 4 is 50.7 Å². The summed E-state index contributed by atoms with van der Waals surface area (Å²) in [4.78, 5) is 40.0. The second-order valence-electron chi connectivity index (χ2n) is 6.57. The third-order valence-electron chi connectivity index (χ3n) is 4.52. The van der Waals surface area contributed by atoms with Crippen molar-refractivity contribution in [3.05, 3.63) is 55.8 Å². The number of benzene rings is 2. The number of nitro groups is 1. The Bertz CT molecular complexity index is 1310. The molecule has 3 aromatic rings. The summed E-state index contributed by atoms with van der Waals surface area (Å²) >= 11 is 7.06. The molecule has 1 aliphatic heterocycles. The van der Waals surface area contributed by atoms with Crippen molar-refractivity contribution in [3.63, 3.8) is 0 Å². The fourth-order valence-corrected chi connectivity index (χ4v) is 4.38. The minimum Gasteiger partial charge on any atom is -0.486 e. The summed E-state index contributed by atoms with van der Waals surface area (Å²) in [5, 5.41) is 11.5. The van der Waals surface area contributed by atoms with E-state index < -0.39 is 22.5 Å². The smallest absolute Gasteiger partial charge is 0.326 e. The van der Waals surface area contributed by atoms with Gasteiger partial charge in [-0.2, -0.15) is 4.99 Å². The first-order chi connectivity index (χ1) is 15.4. The number of rotatable bonds is 5. The number of hydrogen-bond donors (Lipinski definition) is 0. The number of aromatic nitrogens is 1. The number of amides is 1. The van der Waals surface area contributed by atoms with E-state index in [0.29, 0.717) is 34.9 Å². The Kier molecular flexibility index (Phi) is 6.10. The normalized spacial score (nSPS) is 13.2. The molecule has 1 amide bonds. The molecule has 0 saturated carbocycles. The number of fused-ring (bicyclic) bond motifs is 2. The van der Waals surface area contributed by atoms with Crippen LogP contribution in [0.2, 0.25) is 5.02 Å². The maximum atomic E-state index is 12.9. The van der Waals surface area contributed by atoms with Gasteiger partial charge in [0.15, 0.2) is 16.3 Å². The average Bonchev–Trinajstić information content (AvgIpc) is 3.07. The first-order valence-corrected chi connectivity index (χ1v) is 10.7. The molecule has 0 aliphatic carbocycles. The van der Waals surface area contributed by atoms with Crippen molar-refractivity contribution < 1.29 is 28.7 Å². The highest BCUT2D eigenvalue weighted by molar-refractivity contribution is 7.16. The zero-order valence-electron chi connectivity index (χ0n) is 16.7. The van der Waals surface area contributed by atoms with Gasteiger partial charge in [0.1, 0.15) is 25.3 Å². The Morgan fingerprint density at radius 1 is 1.25 bits per heavy atom. The highest BCUT2D eigenvalue weighted by Gasteiger charge is 2.22. The molecule has 0 atom stereocenters. The minimum absolute atomic E-state index is 0.159. The number of nitro benzene ring substituents is 1. The van der Waals surface area contributed by atoms with E-state index in [2.05, 4.69) is 4.99 Å². The van der Waals surface area contributed by atoms with Crippen LogP contribution in [0.15, 0.2) is 35.3 Å². The van der Waals surface area contributed by atoms with Crippen LogP contribution in [0.1, 0.15) is 17.3 Å². The second-order valence-corrected chi connectivity index (χ2v) is 8.02. The van der Waals surface area contributed by atoms with Crippen LogP contribution >= 0.6 is 22.9 Å². The van der Waals surface area contributed by atoms with Crippen LogP contribution in [0.3, 0.4) is 0 Å². The molecule has 0 bridgehead atoms. The van der Waals surface area contributed by atoms with Crippen molar-refractivity contribution in [2.24, 2.45) is 4.99 Å². The van der Waals surface area contributed by atoms with Gasteiger partial charge in [0.25, 0.3) is 11.6 Å². The van der Waals surface area contributed by atoms with Gasteiger partial charge < -0.3 is 18.8 Å². The summed E-state index contributed by atoms with van der Waals surface area (Å²) in [5.74, 6) is -0.343. The van der Waals surface area contributed by atoms with Gasteiger partial charge >= 0.3 is 5.97 Å². The van der Waals surface area contributed by atoms with E-state index in [1.54, 1.807) is 19.1 Å². The lowest BCUT2D eigenvalue weighted by molar-refractivity contribution is -0.385. The van der Waals surface area contributed by atoms with Gasteiger partial charge in [0, 0.05) is 23.2 Å². The fourth-order valence-electron chi connectivity index (χ4n) is 3.17. The number of thiazole rings is 1. The molecule has 4 rings (SSSR count). The Hall–Kier alpha value is -3.44.